The minimum absolute atomic E-state index is 0.109. The summed E-state index contributed by atoms with van der Waals surface area (Å²) < 4.78 is 42.5. The SMILES string of the molecule is CCCn1nc(C(=O)NNC(=O)c2cc(S(=O)(=O)NC(C)C)ccc2F)c2ccccc2c1=O. The Bertz CT molecular complexity index is 1420. The Labute approximate surface area is 195 Å². The Morgan fingerprint density at radius 1 is 1.06 bits per heavy atom. The van der Waals surface area contributed by atoms with E-state index in [0.29, 0.717) is 6.42 Å². The molecule has 3 rings (SSSR count). The zero-order valence-corrected chi connectivity index (χ0v) is 19.6. The van der Waals surface area contributed by atoms with Crippen LogP contribution in [0.5, 0.6) is 0 Å². The molecule has 2 aromatic carbocycles. The van der Waals surface area contributed by atoms with Crippen LogP contribution in [0.25, 0.3) is 10.8 Å². The Balaban J connectivity index is 1.87. The van der Waals surface area contributed by atoms with E-state index in [9.17, 15) is 27.2 Å². The van der Waals surface area contributed by atoms with Crippen LogP contribution in [-0.2, 0) is 16.6 Å². The summed E-state index contributed by atoms with van der Waals surface area (Å²) in [5.41, 5.74) is 3.17. The van der Waals surface area contributed by atoms with Gasteiger partial charge in [-0.15, -0.1) is 0 Å². The molecule has 0 spiro atoms. The van der Waals surface area contributed by atoms with Crippen molar-refractivity contribution in [3.63, 3.8) is 0 Å². The number of carbonyl (C=O) groups is 2. The largest absolute Gasteiger partial charge is 0.290 e. The second-order valence-electron chi connectivity index (χ2n) is 7.75. The minimum Gasteiger partial charge on any atom is -0.267 e. The van der Waals surface area contributed by atoms with Gasteiger partial charge in [0.25, 0.3) is 17.4 Å². The molecule has 0 aliphatic carbocycles. The highest BCUT2D eigenvalue weighted by Gasteiger charge is 2.22. The molecule has 0 aliphatic heterocycles. The van der Waals surface area contributed by atoms with Gasteiger partial charge >= 0.3 is 0 Å². The van der Waals surface area contributed by atoms with Crippen molar-refractivity contribution in [2.75, 3.05) is 0 Å². The van der Waals surface area contributed by atoms with Gasteiger partial charge in [-0.05, 0) is 44.5 Å². The van der Waals surface area contributed by atoms with E-state index in [0.717, 1.165) is 22.9 Å². The molecule has 180 valence electrons. The molecule has 34 heavy (non-hydrogen) atoms. The number of nitrogens with zero attached hydrogens (tertiary/aromatic N) is 2. The third-order valence-electron chi connectivity index (χ3n) is 4.69. The number of halogens is 1. The number of hydrogen-bond acceptors (Lipinski definition) is 6. The fourth-order valence-corrected chi connectivity index (χ4v) is 4.51. The number of benzene rings is 2. The first-order valence-electron chi connectivity index (χ1n) is 10.5. The average Bonchev–Trinajstić information content (AvgIpc) is 2.78. The average molecular weight is 490 g/mol. The highest BCUT2D eigenvalue weighted by atomic mass is 32.2. The molecule has 0 bridgehead atoms. The van der Waals surface area contributed by atoms with Crippen LogP contribution in [0.15, 0.2) is 52.2 Å². The Morgan fingerprint density at radius 3 is 2.35 bits per heavy atom. The van der Waals surface area contributed by atoms with E-state index in [-0.39, 0.29) is 33.5 Å². The van der Waals surface area contributed by atoms with Crippen molar-refractivity contribution in [1.82, 2.24) is 25.4 Å². The molecule has 0 saturated carbocycles. The van der Waals surface area contributed by atoms with Crippen LogP contribution >= 0.6 is 0 Å². The van der Waals surface area contributed by atoms with Gasteiger partial charge in [0.05, 0.1) is 15.8 Å². The molecule has 0 atom stereocenters. The molecule has 12 heteroatoms. The van der Waals surface area contributed by atoms with Crippen LogP contribution in [0, 0.1) is 5.82 Å². The second-order valence-corrected chi connectivity index (χ2v) is 9.46. The summed E-state index contributed by atoms with van der Waals surface area (Å²) in [5, 5.41) is 4.68. The Morgan fingerprint density at radius 2 is 1.71 bits per heavy atom. The summed E-state index contributed by atoms with van der Waals surface area (Å²) in [6.45, 7) is 5.37. The normalized spacial score (nSPS) is 11.6. The molecule has 2 amide bonds. The summed E-state index contributed by atoms with van der Waals surface area (Å²) >= 11 is 0. The van der Waals surface area contributed by atoms with Gasteiger partial charge < -0.3 is 0 Å². The van der Waals surface area contributed by atoms with Crippen molar-refractivity contribution < 1.29 is 22.4 Å². The van der Waals surface area contributed by atoms with E-state index < -0.39 is 39.3 Å². The number of fused-ring (bicyclic) bond motifs is 1. The van der Waals surface area contributed by atoms with Crippen molar-refractivity contribution in [3.8, 4) is 0 Å². The van der Waals surface area contributed by atoms with Crippen LogP contribution in [-0.4, -0.2) is 36.1 Å². The maximum atomic E-state index is 14.3. The molecular weight excluding hydrogens is 465 g/mol. The van der Waals surface area contributed by atoms with E-state index in [4.69, 9.17) is 0 Å². The first-order valence-corrected chi connectivity index (χ1v) is 12.0. The summed E-state index contributed by atoms with van der Waals surface area (Å²) in [6, 6.07) is 8.74. The summed E-state index contributed by atoms with van der Waals surface area (Å²) in [4.78, 5) is 37.6. The monoisotopic (exact) mass is 489 g/mol. The lowest BCUT2D eigenvalue weighted by molar-refractivity contribution is 0.0841. The van der Waals surface area contributed by atoms with Gasteiger partial charge in [0.15, 0.2) is 5.69 Å². The predicted octanol–water partition coefficient (Wildman–Crippen LogP) is 1.71. The highest BCUT2D eigenvalue weighted by molar-refractivity contribution is 7.89. The number of carbonyl (C=O) groups excluding carboxylic acids is 2. The minimum atomic E-state index is -3.97. The Kier molecular flexibility index (Phi) is 7.42. The van der Waals surface area contributed by atoms with E-state index in [1.807, 2.05) is 6.92 Å². The van der Waals surface area contributed by atoms with Crippen molar-refractivity contribution in [3.05, 3.63) is 69.9 Å². The predicted molar refractivity (Wildman–Crippen MR) is 123 cm³/mol. The van der Waals surface area contributed by atoms with Gasteiger partial charge in [-0.2, -0.15) is 5.10 Å². The van der Waals surface area contributed by atoms with Crippen molar-refractivity contribution in [2.24, 2.45) is 0 Å². The summed E-state index contributed by atoms with van der Waals surface area (Å²) in [5.74, 6) is -2.88. The van der Waals surface area contributed by atoms with Crippen LogP contribution in [0.2, 0.25) is 0 Å². The maximum Gasteiger partial charge on any atom is 0.290 e. The molecule has 0 radical (unpaired) electrons. The van der Waals surface area contributed by atoms with Crippen LogP contribution < -0.4 is 21.1 Å². The third kappa shape index (κ3) is 5.29. The second kappa shape index (κ2) is 10.1. The molecule has 1 heterocycles. The zero-order valence-electron chi connectivity index (χ0n) is 18.8. The fourth-order valence-electron chi connectivity index (χ4n) is 3.23. The van der Waals surface area contributed by atoms with Gasteiger partial charge in [0.1, 0.15) is 5.82 Å². The fraction of sp³-hybridized carbons (Fsp3) is 0.273. The topological polar surface area (TPSA) is 139 Å². The number of hydrogen-bond donors (Lipinski definition) is 3. The molecule has 0 aliphatic rings. The number of aromatic nitrogens is 2. The van der Waals surface area contributed by atoms with E-state index in [1.54, 1.807) is 38.1 Å². The number of amides is 2. The summed E-state index contributed by atoms with van der Waals surface area (Å²) in [6.07, 6.45) is 0.604. The smallest absolute Gasteiger partial charge is 0.267 e. The first-order chi connectivity index (χ1) is 16.0. The van der Waals surface area contributed by atoms with Crippen LogP contribution in [0.1, 0.15) is 48.0 Å². The molecule has 0 saturated heterocycles. The molecule has 3 aromatic rings. The number of hydrazine groups is 1. The van der Waals surface area contributed by atoms with E-state index in [2.05, 4.69) is 20.7 Å². The highest BCUT2D eigenvalue weighted by Crippen LogP contribution is 2.16. The van der Waals surface area contributed by atoms with E-state index in [1.165, 1.54) is 0 Å². The Hall–Kier alpha value is -3.64. The van der Waals surface area contributed by atoms with Crippen LogP contribution in [0.3, 0.4) is 0 Å². The summed E-state index contributed by atoms with van der Waals surface area (Å²) in [7, 11) is -3.97. The lowest BCUT2D eigenvalue weighted by Gasteiger charge is -2.13. The first kappa shape index (κ1) is 25.0. The molecule has 0 fully saturated rings. The molecule has 1 aromatic heterocycles. The zero-order chi connectivity index (χ0) is 25.0. The lowest BCUT2D eigenvalue weighted by atomic mass is 10.1. The van der Waals surface area contributed by atoms with Crippen molar-refractivity contribution in [1.29, 1.82) is 0 Å². The van der Waals surface area contributed by atoms with Gasteiger partial charge in [0, 0.05) is 18.0 Å². The standard InChI is InChI=1S/C22H24FN5O5S/c1-4-11-28-22(31)16-8-6-5-7-15(16)19(26-28)21(30)25-24-20(29)17-12-14(9-10-18(17)23)34(32,33)27-13(2)3/h5-10,12-13,27H,4,11H2,1-3H3,(H,24,29)(H,25,30). The van der Waals surface area contributed by atoms with Gasteiger partial charge in [-0.1, -0.05) is 25.1 Å². The van der Waals surface area contributed by atoms with Crippen molar-refractivity contribution >= 4 is 32.6 Å². The lowest BCUT2D eigenvalue weighted by Crippen LogP contribution is -2.43. The van der Waals surface area contributed by atoms with Crippen molar-refractivity contribution in [2.45, 2.75) is 44.7 Å². The molecular formula is C22H24FN5O5S. The van der Waals surface area contributed by atoms with Crippen LogP contribution in [0.4, 0.5) is 4.39 Å². The molecule has 0 unspecified atom stereocenters. The van der Waals surface area contributed by atoms with E-state index >= 15 is 0 Å². The number of sulfonamides is 1. The quantitative estimate of drug-likeness (QED) is 0.432. The third-order valence-corrected chi connectivity index (χ3v) is 6.35. The van der Waals surface area contributed by atoms with Gasteiger partial charge in [-0.25, -0.2) is 22.2 Å². The number of rotatable bonds is 7. The number of nitrogens with one attached hydrogen (secondary N) is 3. The molecule has 10 nitrogen and oxygen atoms in total. The molecule has 3 N–H and O–H groups in total. The van der Waals surface area contributed by atoms with Gasteiger partial charge in [-0.3, -0.25) is 25.2 Å². The maximum absolute atomic E-state index is 14.3. The number of aryl methyl sites for hydroxylation is 1. The van der Waals surface area contributed by atoms with Gasteiger partial charge in [0.2, 0.25) is 10.0 Å².